The van der Waals surface area contributed by atoms with E-state index < -0.39 is 11.7 Å². The Labute approximate surface area is 131 Å². The number of ether oxygens (including phenoxy) is 1. The van der Waals surface area contributed by atoms with E-state index in [1.165, 1.54) is 16.9 Å². The van der Waals surface area contributed by atoms with Crippen LogP contribution in [0.5, 0.6) is 0 Å². The monoisotopic (exact) mass is 327 g/mol. The number of nitrogens with zero attached hydrogens (tertiary/aromatic N) is 3. The number of aromatic nitrogens is 3. The van der Waals surface area contributed by atoms with E-state index >= 15 is 0 Å². The van der Waals surface area contributed by atoms with Crippen molar-refractivity contribution in [3.63, 3.8) is 0 Å². The fraction of sp³-hybridized carbons (Fsp3) is 0.400. The first-order valence-electron chi connectivity index (χ1n) is 7.07. The van der Waals surface area contributed by atoms with Crippen LogP contribution in [0.3, 0.4) is 0 Å². The molecule has 1 heterocycles. The number of carbonyl (C=O) groups is 1. The first-order valence-corrected chi connectivity index (χ1v) is 7.07. The summed E-state index contributed by atoms with van der Waals surface area (Å²) in [5.74, 6) is -0.323. The second kappa shape index (κ2) is 6.80. The maximum atomic E-state index is 12.5. The molecule has 0 atom stereocenters. The van der Waals surface area contributed by atoms with Gasteiger partial charge in [-0.15, -0.1) is 0 Å². The van der Waals surface area contributed by atoms with E-state index in [0.717, 1.165) is 12.1 Å². The predicted molar refractivity (Wildman–Crippen MR) is 76.1 cm³/mol. The van der Waals surface area contributed by atoms with Crippen molar-refractivity contribution in [3.8, 4) is 5.69 Å². The summed E-state index contributed by atoms with van der Waals surface area (Å²) in [7, 11) is 0. The van der Waals surface area contributed by atoms with Crippen molar-refractivity contribution in [1.82, 2.24) is 15.0 Å². The highest BCUT2D eigenvalue weighted by Crippen LogP contribution is 2.29. The third-order valence-corrected chi connectivity index (χ3v) is 3.17. The van der Waals surface area contributed by atoms with Gasteiger partial charge in [0.25, 0.3) is 0 Å². The minimum absolute atomic E-state index is 0.181. The van der Waals surface area contributed by atoms with Crippen molar-refractivity contribution in [3.05, 3.63) is 41.2 Å². The molecule has 0 spiro atoms. The molecule has 0 fully saturated rings. The molecule has 0 bridgehead atoms. The topological polar surface area (TPSA) is 57.0 Å². The molecule has 1 aromatic heterocycles. The van der Waals surface area contributed by atoms with E-state index in [1.54, 1.807) is 13.8 Å². The number of hydrogen-bond acceptors (Lipinski definition) is 4. The number of esters is 1. The molecule has 0 radical (unpaired) electrons. The van der Waals surface area contributed by atoms with Crippen LogP contribution >= 0.6 is 0 Å². The van der Waals surface area contributed by atoms with Gasteiger partial charge in [-0.1, -0.05) is 0 Å². The SMILES string of the molecule is CCOC(=O)CCc1nn(-c2ccc(C(F)(F)F)cc2)nc1C. The van der Waals surface area contributed by atoms with Crippen molar-refractivity contribution in [2.75, 3.05) is 6.61 Å². The van der Waals surface area contributed by atoms with Crippen LogP contribution in [-0.2, 0) is 22.1 Å². The number of alkyl halides is 3. The summed E-state index contributed by atoms with van der Waals surface area (Å²) in [5, 5.41) is 8.39. The van der Waals surface area contributed by atoms with E-state index in [1.807, 2.05) is 0 Å². The predicted octanol–water partition coefficient (Wildman–Crippen LogP) is 3.09. The average molecular weight is 327 g/mol. The van der Waals surface area contributed by atoms with Gasteiger partial charge in [-0.05, 0) is 38.1 Å². The summed E-state index contributed by atoms with van der Waals surface area (Å²) in [6, 6.07) is 4.56. The lowest BCUT2D eigenvalue weighted by molar-refractivity contribution is -0.143. The van der Waals surface area contributed by atoms with Crippen LogP contribution in [0.1, 0.15) is 30.3 Å². The van der Waals surface area contributed by atoms with E-state index in [4.69, 9.17) is 4.74 Å². The zero-order chi connectivity index (χ0) is 17.0. The van der Waals surface area contributed by atoms with Crippen LogP contribution in [0.25, 0.3) is 5.69 Å². The van der Waals surface area contributed by atoms with Gasteiger partial charge in [0.15, 0.2) is 0 Å². The molecule has 124 valence electrons. The summed E-state index contributed by atoms with van der Waals surface area (Å²) < 4.78 is 42.5. The molecule has 0 aliphatic carbocycles. The maximum absolute atomic E-state index is 12.5. The Bertz CT molecular complexity index is 678. The molecule has 2 rings (SSSR count). The molecule has 2 aromatic rings. The third kappa shape index (κ3) is 4.30. The van der Waals surface area contributed by atoms with Gasteiger partial charge in [0, 0.05) is 6.42 Å². The van der Waals surface area contributed by atoms with E-state index in [2.05, 4.69) is 10.2 Å². The number of halogens is 3. The molecule has 23 heavy (non-hydrogen) atoms. The highest BCUT2D eigenvalue weighted by Gasteiger charge is 2.30. The number of rotatable bonds is 5. The van der Waals surface area contributed by atoms with E-state index in [0.29, 0.717) is 30.1 Å². The van der Waals surface area contributed by atoms with Crippen LogP contribution < -0.4 is 0 Å². The zero-order valence-electron chi connectivity index (χ0n) is 12.7. The Balaban J connectivity index is 2.12. The molecule has 0 aliphatic rings. The van der Waals surface area contributed by atoms with Gasteiger partial charge in [0.1, 0.15) is 0 Å². The lowest BCUT2D eigenvalue weighted by atomic mass is 10.2. The molecule has 8 heteroatoms. The number of benzene rings is 1. The smallest absolute Gasteiger partial charge is 0.416 e. The van der Waals surface area contributed by atoms with Gasteiger partial charge in [0.2, 0.25) is 0 Å². The Hall–Kier alpha value is -2.38. The van der Waals surface area contributed by atoms with Crippen LogP contribution in [0.4, 0.5) is 13.2 Å². The fourth-order valence-corrected chi connectivity index (χ4v) is 1.99. The molecule has 0 unspecified atom stereocenters. The molecular weight excluding hydrogens is 311 g/mol. The van der Waals surface area contributed by atoms with Crippen LogP contribution in [0, 0.1) is 6.92 Å². The molecule has 0 amide bonds. The Kier molecular flexibility index (Phi) is 5.02. The molecule has 1 aromatic carbocycles. The van der Waals surface area contributed by atoms with Crippen molar-refractivity contribution < 1.29 is 22.7 Å². The first-order chi connectivity index (χ1) is 10.8. The lowest BCUT2D eigenvalue weighted by Crippen LogP contribution is -2.07. The molecule has 5 nitrogen and oxygen atoms in total. The fourth-order valence-electron chi connectivity index (χ4n) is 1.99. The normalized spacial score (nSPS) is 11.5. The number of carbonyl (C=O) groups excluding carboxylic acids is 1. The van der Waals surface area contributed by atoms with Gasteiger partial charge in [-0.2, -0.15) is 28.2 Å². The molecule has 0 saturated carbocycles. The van der Waals surface area contributed by atoms with Gasteiger partial charge in [-0.25, -0.2) is 0 Å². The quantitative estimate of drug-likeness (QED) is 0.792. The zero-order valence-corrected chi connectivity index (χ0v) is 12.7. The Morgan fingerprint density at radius 1 is 1.22 bits per heavy atom. The number of hydrogen-bond donors (Lipinski definition) is 0. The van der Waals surface area contributed by atoms with Gasteiger partial charge < -0.3 is 4.74 Å². The van der Waals surface area contributed by atoms with Crippen LogP contribution in [0.15, 0.2) is 24.3 Å². The maximum Gasteiger partial charge on any atom is 0.416 e. The van der Waals surface area contributed by atoms with Crippen molar-refractivity contribution in [1.29, 1.82) is 0 Å². The molecule has 0 aliphatic heterocycles. The minimum atomic E-state index is -4.38. The van der Waals surface area contributed by atoms with Gasteiger partial charge in [0.05, 0.1) is 35.7 Å². The van der Waals surface area contributed by atoms with E-state index in [9.17, 15) is 18.0 Å². The van der Waals surface area contributed by atoms with Gasteiger partial charge in [-0.3, -0.25) is 4.79 Å². The summed E-state index contributed by atoms with van der Waals surface area (Å²) in [4.78, 5) is 12.6. The second-order valence-electron chi connectivity index (χ2n) is 4.87. The van der Waals surface area contributed by atoms with Crippen LogP contribution in [0.2, 0.25) is 0 Å². The summed E-state index contributed by atoms with van der Waals surface area (Å²) in [6.45, 7) is 3.77. The van der Waals surface area contributed by atoms with Crippen molar-refractivity contribution >= 4 is 5.97 Å². The lowest BCUT2D eigenvalue weighted by Gasteiger charge is -2.06. The van der Waals surface area contributed by atoms with Crippen molar-refractivity contribution in [2.24, 2.45) is 0 Å². The molecular formula is C15H16F3N3O2. The van der Waals surface area contributed by atoms with E-state index in [-0.39, 0.29) is 12.4 Å². The van der Waals surface area contributed by atoms with Crippen molar-refractivity contribution in [2.45, 2.75) is 32.9 Å². The second-order valence-corrected chi connectivity index (χ2v) is 4.87. The first kappa shape index (κ1) is 17.0. The highest BCUT2D eigenvalue weighted by atomic mass is 19.4. The number of aryl methyl sites for hydroxylation is 2. The third-order valence-electron chi connectivity index (χ3n) is 3.17. The van der Waals surface area contributed by atoms with Crippen LogP contribution in [-0.4, -0.2) is 27.6 Å². The summed E-state index contributed by atoms with van der Waals surface area (Å²) in [5.41, 5.74) is 0.920. The summed E-state index contributed by atoms with van der Waals surface area (Å²) >= 11 is 0. The Morgan fingerprint density at radius 3 is 2.43 bits per heavy atom. The Morgan fingerprint density at radius 2 is 1.87 bits per heavy atom. The highest BCUT2D eigenvalue weighted by molar-refractivity contribution is 5.69. The molecule has 0 N–H and O–H groups in total. The average Bonchev–Trinajstić information content (AvgIpc) is 2.86. The standard InChI is InChI=1S/C15H16F3N3O2/c1-3-23-14(22)9-8-13-10(2)19-21(20-13)12-6-4-11(5-7-12)15(16,17)18/h4-7H,3,8-9H2,1-2H3. The molecule has 0 saturated heterocycles. The summed E-state index contributed by atoms with van der Waals surface area (Å²) in [6.07, 6.45) is -3.83. The minimum Gasteiger partial charge on any atom is -0.466 e. The largest absolute Gasteiger partial charge is 0.466 e. The van der Waals surface area contributed by atoms with Gasteiger partial charge >= 0.3 is 12.1 Å².